The van der Waals surface area contributed by atoms with E-state index in [0.29, 0.717) is 0 Å². The van der Waals surface area contributed by atoms with E-state index in [1.54, 1.807) is 6.07 Å². The number of anilines is 1. The minimum Gasteiger partial charge on any atom is -0.378 e. The Morgan fingerprint density at radius 3 is 2.36 bits per heavy atom. The third-order valence-electron chi connectivity index (χ3n) is 1.87. The number of nitrogen functional groups attached to an aromatic ring is 1. The molecule has 0 saturated heterocycles. The molecule has 1 aromatic rings. The van der Waals surface area contributed by atoms with Gasteiger partial charge in [0.2, 0.25) is 5.82 Å². The highest BCUT2D eigenvalue weighted by Gasteiger charge is 2.19. The first kappa shape index (κ1) is 10.4. The van der Waals surface area contributed by atoms with E-state index >= 15 is 0 Å². The predicted octanol–water partition coefficient (Wildman–Crippen LogP) is 1.87. The van der Waals surface area contributed by atoms with Crippen LogP contribution in [0.4, 0.5) is 11.5 Å². The predicted molar refractivity (Wildman–Crippen MR) is 54.0 cm³/mol. The van der Waals surface area contributed by atoms with Gasteiger partial charge in [0.05, 0.1) is 4.92 Å². The Labute approximate surface area is 82.1 Å². The summed E-state index contributed by atoms with van der Waals surface area (Å²) >= 11 is 0. The molecule has 1 heterocycles. The molecule has 0 amide bonds. The molecule has 76 valence electrons. The topological polar surface area (TPSA) is 82.0 Å². The molecule has 0 fully saturated rings. The fraction of sp³-hybridized carbons (Fsp3) is 0.444. The maximum atomic E-state index is 10.5. The largest absolute Gasteiger partial charge is 0.378 e. The van der Waals surface area contributed by atoms with Crippen molar-refractivity contribution in [2.24, 2.45) is 0 Å². The number of aromatic nitrogens is 1. The summed E-state index contributed by atoms with van der Waals surface area (Å²) in [5.41, 5.74) is 5.93. The van der Waals surface area contributed by atoms with Crippen LogP contribution >= 0.6 is 0 Å². The van der Waals surface area contributed by atoms with Crippen LogP contribution in [0.15, 0.2) is 12.1 Å². The second kappa shape index (κ2) is 3.25. The number of nitrogens with two attached hydrogens (primary N) is 1. The maximum absolute atomic E-state index is 10.5. The van der Waals surface area contributed by atoms with Crippen molar-refractivity contribution < 1.29 is 4.92 Å². The summed E-state index contributed by atoms with van der Waals surface area (Å²) < 4.78 is 0. The van der Waals surface area contributed by atoms with Crippen LogP contribution in [-0.2, 0) is 5.41 Å². The van der Waals surface area contributed by atoms with Gasteiger partial charge >= 0.3 is 5.69 Å². The van der Waals surface area contributed by atoms with Gasteiger partial charge in [-0.05, 0) is 6.07 Å². The highest BCUT2D eigenvalue weighted by molar-refractivity contribution is 5.52. The molecule has 2 N–H and O–H groups in total. The van der Waals surface area contributed by atoms with Crippen LogP contribution < -0.4 is 5.73 Å². The summed E-state index contributed by atoms with van der Waals surface area (Å²) in [5, 5.41) is 10.5. The number of pyridine rings is 1. The van der Waals surface area contributed by atoms with Gasteiger partial charge in [-0.3, -0.25) is 10.1 Å². The molecular formula is C9H13N3O2. The van der Waals surface area contributed by atoms with E-state index in [1.807, 2.05) is 20.8 Å². The SMILES string of the molecule is CC(C)(C)c1ccc([N+](=O)[O-])c(N)n1. The van der Waals surface area contributed by atoms with Crippen LogP contribution in [0.3, 0.4) is 0 Å². The Hall–Kier alpha value is -1.65. The molecule has 0 bridgehead atoms. The van der Waals surface area contributed by atoms with E-state index in [2.05, 4.69) is 4.98 Å². The second-order valence-electron chi connectivity index (χ2n) is 4.11. The number of nitrogens with zero attached hydrogens (tertiary/aromatic N) is 2. The molecule has 1 aromatic heterocycles. The lowest BCUT2D eigenvalue weighted by atomic mass is 9.91. The third-order valence-corrected chi connectivity index (χ3v) is 1.87. The van der Waals surface area contributed by atoms with Crippen LogP contribution in [0.1, 0.15) is 26.5 Å². The van der Waals surface area contributed by atoms with Gasteiger partial charge in [0.1, 0.15) is 0 Å². The highest BCUT2D eigenvalue weighted by atomic mass is 16.6. The zero-order valence-corrected chi connectivity index (χ0v) is 8.44. The quantitative estimate of drug-likeness (QED) is 0.547. The lowest BCUT2D eigenvalue weighted by Crippen LogP contribution is -2.14. The molecule has 0 unspecified atom stereocenters. The Morgan fingerprint density at radius 2 is 2.00 bits per heavy atom. The van der Waals surface area contributed by atoms with Crippen molar-refractivity contribution in [1.82, 2.24) is 4.98 Å². The zero-order chi connectivity index (χ0) is 10.9. The summed E-state index contributed by atoms with van der Waals surface area (Å²) in [5.74, 6) is -0.0255. The van der Waals surface area contributed by atoms with Crippen LogP contribution in [0.25, 0.3) is 0 Å². The minimum absolute atomic E-state index is 0.0255. The minimum atomic E-state index is -0.533. The van der Waals surface area contributed by atoms with Crippen molar-refractivity contribution in [1.29, 1.82) is 0 Å². The molecular weight excluding hydrogens is 182 g/mol. The summed E-state index contributed by atoms with van der Waals surface area (Å²) in [6, 6.07) is 3.03. The lowest BCUT2D eigenvalue weighted by Gasteiger charge is -2.17. The van der Waals surface area contributed by atoms with Crippen LogP contribution in [0.5, 0.6) is 0 Å². The van der Waals surface area contributed by atoms with E-state index in [4.69, 9.17) is 5.73 Å². The van der Waals surface area contributed by atoms with Crippen molar-refractivity contribution in [3.05, 3.63) is 27.9 Å². The standard InChI is InChI=1S/C9H13N3O2/c1-9(2,3)7-5-4-6(12(13)14)8(10)11-7/h4-5H,1-3H3,(H2,10,11). The molecule has 0 aliphatic rings. The summed E-state index contributed by atoms with van der Waals surface area (Å²) in [6.45, 7) is 5.92. The number of hydrogen-bond donors (Lipinski definition) is 1. The van der Waals surface area contributed by atoms with Gasteiger partial charge in [-0.1, -0.05) is 20.8 Å². The molecule has 0 aliphatic heterocycles. The Bertz CT molecular complexity index is 369. The third kappa shape index (κ3) is 1.99. The zero-order valence-electron chi connectivity index (χ0n) is 8.44. The fourth-order valence-corrected chi connectivity index (χ4v) is 1.04. The smallest absolute Gasteiger partial charge is 0.311 e. The molecule has 0 aliphatic carbocycles. The first-order chi connectivity index (χ1) is 6.32. The van der Waals surface area contributed by atoms with Crippen molar-refractivity contribution >= 4 is 11.5 Å². The molecule has 5 nitrogen and oxygen atoms in total. The van der Waals surface area contributed by atoms with Crippen molar-refractivity contribution in [3.63, 3.8) is 0 Å². The summed E-state index contributed by atoms with van der Waals surface area (Å²) in [4.78, 5) is 13.9. The number of nitro groups is 1. The summed E-state index contributed by atoms with van der Waals surface area (Å²) in [6.07, 6.45) is 0. The number of rotatable bonds is 1. The molecule has 0 aromatic carbocycles. The van der Waals surface area contributed by atoms with E-state index < -0.39 is 4.92 Å². The average Bonchev–Trinajstić information content (AvgIpc) is 2.01. The molecule has 5 heteroatoms. The van der Waals surface area contributed by atoms with E-state index in [9.17, 15) is 10.1 Å². The van der Waals surface area contributed by atoms with Crippen molar-refractivity contribution in [2.75, 3.05) is 5.73 Å². The first-order valence-corrected chi connectivity index (χ1v) is 4.24. The molecule has 0 radical (unpaired) electrons. The lowest BCUT2D eigenvalue weighted by molar-refractivity contribution is -0.384. The molecule has 0 saturated carbocycles. The first-order valence-electron chi connectivity index (χ1n) is 4.24. The molecule has 0 atom stereocenters. The monoisotopic (exact) mass is 195 g/mol. The average molecular weight is 195 g/mol. The number of hydrogen-bond acceptors (Lipinski definition) is 4. The van der Waals surface area contributed by atoms with Gasteiger partial charge in [0.15, 0.2) is 0 Å². The summed E-state index contributed by atoms with van der Waals surface area (Å²) in [7, 11) is 0. The van der Waals surface area contributed by atoms with Gasteiger partial charge in [0.25, 0.3) is 0 Å². The highest BCUT2D eigenvalue weighted by Crippen LogP contribution is 2.25. The van der Waals surface area contributed by atoms with E-state index in [1.165, 1.54) is 6.07 Å². The van der Waals surface area contributed by atoms with Gasteiger partial charge < -0.3 is 5.73 Å². The molecule has 1 rings (SSSR count). The normalized spacial score (nSPS) is 11.4. The van der Waals surface area contributed by atoms with Crippen molar-refractivity contribution in [2.45, 2.75) is 26.2 Å². The van der Waals surface area contributed by atoms with Gasteiger partial charge in [-0.2, -0.15) is 0 Å². The van der Waals surface area contributed by atoms with E-state index in [0.717, 1.165) is 5.69 Å². The molecule has 14 heavy (non-hydrogen) atoms. The van der Waals surface area contributed by atoms with Gasteiger partial charge in [-0.25, -0.2) is 4.98 Å². The molecule has 0 spiro atoms. The maximum Gasteiger partial charge on any atom is 0.311 e. The fourth-order valence-electron chi connectivity index (χ4n) is 1.04. The van der Waals surface area contributed by atoms with Crippen LogP contribution in [0, 0.1) is 10.1 Å². The van der Waals surface area contributed by atoms with Crippen LogP contribution in [0.2, 0.25) is 0 Å². The Balaban J connectivity index is 3.20. The Morgan fingerprint density at radius 1 is 1.43 bits per heavy atom. The Kier molecular flexibility index (Phi) is 2.42. The van der Waals surface area contributed by atoms with Gasteiger partial charge in [-0.15, -0.1) is 0 Å². The second-order valence-corrected chi connectivity index (χ2v) is 4.11. The van der Waals surface area contributed by atoms with E-state index in [-0.39, 0.29) is 16.9 Å². The van der Waals surface area contributed by atoms with Crippen molar-refractivity contribution in [3.8, 4) is 0 Å². The van der Waals surface area contributed by atoms with Crippen LogP contribution in [-0.4, -0.2) is 9.91 Å². The van der Waals surface area contributed by atoms with Gasteiger partial charge in [0, 0.05) is 17.2 Å².